The molecule has 0 aromatic heterocycles. The molecule has 0 amide bonds. The molecular formula is C15H19ClFNO. The first kappa shape index (κ1) is 14.5. The van der Waals surface area contributed by atoms with Crippen molar-refractivity contribution in [1.82, 2.24) is 5.32 Å². The number of ketones is 1. The zero-order chi connectivity index (χ0) is 13.7. The van der Waals surface area contributed by atoms with Gasteiger partial charge in [0.05, 0.1) is 5.02 Å². The fourth-order valence-corrected chi connectivity index (χ4v) is 2.59. The van der Waals surface area contributed by atoms with Crippen molar-refractivity contribution in [2.24, 2.45) is 0 Å². The van der Waals surface area contributed by atoms with E-state index in [1.165, 1.54) is 25.0 Å². The highest BCUT2D eigenvalue weighted by atomic mass is 35.5. The molecule has 1 fully saturated rings. The Hall–Kier alpha value is -0.930. The maximum absolute atomic E-state index is 13.3. The van der Waals surface area contributed by atoms with Crippen molar-refractivity contribution in [2.45, 2.75) is 44.6 Å². The molecule has 19 heavy (non-hydrogen) atoms. The Balaban J connectivity index is 1.78. The van der Waals surface area contributed by atoms with Crippen LogP contribution in [-0.4, -0.2) is 18.4 Å². The molecule has 2 nitrogen and oxygen atoms in total. The van der Waals surface area contributed by atoms with Gasteiger partial charge in [0.1, 0.15) is 11.6 Å². The SMILES string of the molecule is O=C(CCC1CCCCN1)Cc1ccc(Cl)c(F)c1. The maximum atomic E-state index is 13.3. The lowest BCUT2D eigenvalue weighted by atomic mass is 9.97. The predicted molar refractivity (Wildman–Crippen MR) is 75.0 cm³/mol. The average Bonchev–Trinajstić information content (AvgIpc) is 2.42. The topological polar surface area (TPSA) is 29.1 Å². The summed E-state index contributed by atoms with van der Waals surface area (Å²) in [5, 5.41) is 3.52. The van der Waals surface area contributed by atoms with Gasteiger partial charge in [-0.05, 0) is 43.5 Å². The van der Waals surface area contributed by atoms with Gasteiger partial charge in [-0.25, -0.2) is 4.39 Å². The monoisotopic (exact) mass is 283 g/mol. The van der Waals surface area contributed by atoms with Crippen LogP contribution in [0.3, 0.4) is 0 Å². The maximum Gasteiger partial charge on any atom is 0.142 e. The van der Waals surface area contributed by atoms with Crippen LogP contribution in [-0.2, 0) is 11.2 Å². The van der Waals surface area contributed by atoms with E-state index in [0.29, 0.717) is 24.4 Å². The fourth-order valence-electron chi connectivity index (χ4n) is 2.47. The zero-order valence-electron chi connectivity index (χ0n) is 10.9. The number of nitrogens with one attached hydrogen (secondary N) is 1. The summed E-state index contributed by atoms with van der Waals surface area (Å²) in [7, 11) is 0. The Kier molecular flexibility index (Phi) is 5.34. The van der Waals surface area contributed by atoms with E-state index in [-0.39, 0.29) is 10.8 Å². The second kappa shape index (κ2) is 7.01. The molecule has 0 bridgehead atoms. The van der Waals surface area contributed by atoms with E-state index in [0.717, 1.165) is 19.4 Å². The molecule has 4 heteroatoms. The number of rotatable bonds is 5. The molecular weight excluding hydrogens is 265 g/mol. The van der Waals surface area contributed by atoms with Crippen molar-refractivity contribution in [2.75, 3.05) is 6.54 Å². The van der Waals surface area contributed by atoms with Crippen LogP contribution in [0.1, 0.15) is 37.7 Å². The Morgan fingerprint density at radius 2 is 2.26 bits per heavy atom. The summed E-state index contributed by atoms with van der Waals surface area (Å²) < 4.78 is 13.3. The number of carbonyl (C=O) groups excluding carboxylic acids is 1. The first-order valence-electron chi connectivity index (χ1n) is 6.84. The van der Waals surface area contributed by atoms with Crippen LogP contribution in [0.4, 0.5) is 4.39 Å². The van der Waals surface area contributed by atoms with E-state index in [4.69, 9.17) is 11.6 Å². The Morgan fingerprint density at radius 3 is 2.95 bits per heavy atom. The lowest BCUT2D eigenvalue weighted by Crippen LogP contribution is -2.34. The van der Waals surface area contributed by atoms with Crippen molar-refractivity contribution in [1.29, 1.82) is 0 Å². The van der Waals surface area contributed by atoms with Gasteiger partial charge >= 0.3 is 0 Å². The lowest BCUT2D eigenvalue weighted by molar-refractivity contribution is -0.118. The Morgan fingerprint density at radius 1 is 1.42 bits per heavy atom. The minimum Gasteiger partial charge on any atom is -0.314 e. The molecule has 1 unspecified atom stereocenters. The van der Waals surface area contributed by atoms with Crippen LogP contribution in [0.15, 0.2) is 18.2 Å². The van der Waals surface area contributed by atoms with Crippen LogP contribution < -0.4 is 5.32 Å². The van der Waals surface area contributed by atoms with E-state index in [1.807, 2.05) is 0 Å². The van der Waals surface area contributed by atoms with E-state index < -0.39 is 5.82 Å². The number of carbonyl (C=O) groups is 1. The van der Waals surface area contributed by atoms with Crippen LogP contribution in [0.25, 0.3) is 0 Å². The molecule has 0 radical (unpaired) electrons. The van der Waals surface area contributed by atoms with Gasteiger partial charge < -0.3 is 5.32 Å². The highest BCUT2D eigenvalue weighted by Gasteiger charge is 2.14. The minimum absolute atomic E-state index is 0.0996. The zero-order valence-corrected chi connectivity index (χ0v) is 11.7. The van der Waals surface area contributed by atoms with Crippen LogP contribution in [0, 0.1) is 5.82 Å². The Bertz CT molecular complexity index is 444. The number of Topliss-reactive ketones (excluding diaryl/α,β-unsaturated/α-hetero) is 1. The number of hydrogen-bond acceptors (Lipinski definition) is 2. The molecule has 1 N–H and O–H groups in total. The molecule has 1 aromatic rings. The van der Waals surface area contributed by atoms with E-state index >= 15 is 0 Å². The van der Waals surface area contributed by atoms with Crippen molar-refractivity contribution in [3.8, 4) is 0 Å². The Labute approximate surface area is 118 Å². The average molecular weight is 284 g/mol. The molecule has 0 spiro atoms. The number of piperidine rings is 1. The molecule has 1 saturated heterocycles. The molecule has 1 heterocycles. The summed E-state index contributed by atoms with van der Waals surface area (Å²) in [6.45, 7) is 1.06. The minimum atomic E-state index is -0.457. The van der Waals surface area contributed by atoms with E-state index in [1.54, 1.807) is 6.07 Å². The van der Waals surface area contributed by atoms with Crippen LogP contribution >= 0.6 is 11.6 Å². The van der Waals surface area contributed by atoms with Crippen molar-refractivity contribution >= 4 is 17.4 Å². The second-order valence-corrected chi connectivity index (χ2v) is 5.56. The molecule has 1 atom stereocenters. The highest BCUT2D eigenvalue weighted by molar-refractivity contribution is 6.30. The summed E-state index contributed by atoms with van der Waals surface area (Å²) in [4.78, 5) is 11.9. The molecule has 0 aliphatic carbocycles. The smallest absolute Gasteiger partial charge is 0.142 e. The number of benzene rings is 1. The van der Waals surface area contributed by atoms with Crippen LogP contribution in [0.2, 0.25) is 5.02 Å². The normalized spacial score (nSPS) is 19.4. The molecule has 1 aliphatic heterocycles. The van der Waals surface area contributed by atoms with Crippen LogP contribution in [0.5, 0.6) is 0 Å². The molecule has 1 aromatic carbocycles. The van der Waals surface area contributed by atoms with Crippen molar-refractivity contribution in [3.63, 3.8) is 0 Å². The van der Waals surface area contributed by atoms with Gasteiger partial charge in [0.15, 0.2) is 0 Å². The first-order valence-corrected chi connectivity index (χ1v) is 7.22. The van der Waals surface area contributed by atoms with Gasteiger partial charge in [-0.1, -0.05) is 24.1 Å². The summed E-state index contributed by atoms with van der Waals surface area (Å²) >= 11 is 5.61. The third-order valence-electron chi connectivity index (χ3n) is 3.57. The van der Waals surface area contributed by atoms with Gasteiger partial charge in [0, 0.05) is 18.9 Å². The third-order valence-corrected chi connectivity index (χ3v) is 3.88. The van der Waals surface area contributed by atoms with Crippen molar-refractivity contribution < 1.29 is 9.18 Å². The summed E-state index contributed by atoms with van der Waals surface area (Å²) in [6.07, 6.45) is 5.36. The lowest BCUT2D eigenvalue weighted by Gasteiger charge is -2.22. The standard InChI is InChI=1S/C15H19ClFNO/c16-14-7-4-11(10-15(14)17)9-13(19)6-5-12-3-1-2-8-18-12/h4,7,10,12,18H,1-3,5-6,8-9H2. The fraction of sp³-hybridized carbons (Fsp3) is 0.533. The molecule has 1 aliphatic rings. The van der Waals surface area contributed by atoms with Gasteiger partial charge in [-0.15, -0.1) is 0 Å². The van der Waals surface area contributed by atoms with Crippen molar-refractivity contribution in [3.05, 3.63) is 34.6 Å². The van der Waals surface area contributed by atoms with E-state index in [2.05, 4.69) is 5.32 Å². The molecule has 2 rings (SSSR count). The third kappa shape index (κ3) is 4.59. The van der Waals surface area contributed by atoms with Gasteiger partial charge in [0.2, 0.25) is 0 Å². The quantitative estimate of drug-likeness (QED) is 0.896. The highest BCUT2D eigenvalue weighted by Crippen LogP contribution is 2.17. The van der Waals surface area contributed by atoms with E-state index in [9.17, 15) is 9.18 Å². The molecule has 104 valence electrons. The number of halogens is 2. The first-order chi connectivity index (χ1) is 9.15. The predicted octanol–water partition coefficient (Wildman–Crippen LogP) is 3.51. The largest absolute Gasteiger partial charge is 0.314 e. The summed E-state index contributed by atoms with van der Waals surface area (Å²) in [6, 6.07) is 5.03. The van der Waals surface area contributed by atoms with Gasteiger partial charge in [-0.2, -0.15) is 0 Å². The summed E-state index contributed by atoms with van der Waals surface area (Å²) in [5.74, 6) is -0.296. The summed E-state index contributed by atoms with van der Waals surface area (Å²) in [5.41, 5.74) is 0.698. The second-order valence-electron chi connectivity index (χ2n) is 5.15. The van der Waals surface area contributed by atoms with Gasteiger partial charge in [-0.3, -0.25) is 4.79 Å². The molecule has 0 saturated carbocycles. The van der Waals surface area contributed by atoms with Gasteiger partial charge in [0.25, 0.3) is 0 Å². The number of hydrogen-bond donors (Lipinski definition) is 1.